The number of carboxylic acid groups (broad SMARTS) is 1. The Labute approximate surface area is 123 Å². The summed E-state index contributed by atoms with van der Waals surface area (Å²) in [6.45, 7) is 0. The Morgan fingerprint density at radius 3 is 2.48 bits per heavy atom. The van der Waals surface area contributed by atoms with Gasteiger partial charge in [0.15, 0.2) is 0 Å². The number of benzene rings is 1. The molecule has 1 aromatic carbocycles. The molecular weight excluding hydrogens is 294 g/mol. The van der Waals surface area contributed by atoms with E-state index >= 15 is 0 Å². The Bertz CT molecular complexity index is 596. The summed E-state index contributed by atoms with van der Waals surface area (Å²) in [6.07, 6.45) is 2.25. The van der Waals surface area contributed by atoms with Gasteiger partial charge in [-0.1, -0.05) is 12.1 Å². The highest BCUT2D eigenvalue weighted by atomic mass is 32.2. The van der Waals surface area contributed by atoms with E-state index in [2.05, 4.69) is 4.72 Å². The van der Waals surface area contributed by atoms with Crippen molar-refractivity contribution in [3.63, 3.8) is 0 Å². The van der Waals surface area contributed by atoms with Crippen molar-refractivity contribution in [1.29, 1.82) is 0 Å². The van der Waals surface area contributed by atoms with E-state index in [0.29, 0.717) is 12.0 Å². The number of hydrogen-bond donors (Lipinski definition) is 3. The third-order valence-corrected chi connectivity index (χ3v) is 4.96. The Kier molecular flexibility index (Phi) is 4.97. The van der Waals surface area contributed by atoms with Crippen LogP contribution in [-0.2, 0) is 15.8 Å². The maximum atomic E-state index is 12.1. The summed E-state index contributed by atoms with van der Waals surface area (Å²) < 4.78 is 26.8. The number of carboxylic acids is 1. The lowest BCUT2D eigenvalue weighted by Gasteiger charge is -2.26. The Morgan fingerprint density at radius 1 is 1.24 bits per heavy atom. The fourth-order valence-electron chi connectivity index (χ4n) is 2.53. The highest BCUT2D eigenvalue weighted by Gasteiger charge is 2.24. The van der Waals surface area contributed by atoms with Crippen molar-refractivity contribution in [1.82, 2.24) is 4.72 Å². The highest BCUT2D eigenvalue weighted by molar-refractivity contribution is 7.88. The average molecular weight is 313 g/mol. The lowest BCUT2D eigenvalue weighted by Crippen LogP contribution is -2.40. The van der Waals surface area contributed by atoms with E-state index in [1.807, 2.05) is 0 Å². The van der Waals surface area contributed by atoms with Crippen LogP contribution in [0.2, 0.25) is 0 Å². The first-order valence-electron chi connectivity index (χ1n) is 6.86. The predicted octanol–water partition coefficient (Wildman–Crippen LogP) is 1.11. The molecule has 1 fully saturated rings. The lowest BCUT2D eigenvalue weighted by atomic mass is 9.94. The third kappa shape index (κ3) is 4.80. The van der Waals surface area contributed by atoms with Gasteiger partial charge in [0.25, 0.3) is 0 Å². The number of aliphatic hydroxyl groups excluding tert-OH is 1. The van der Waals surface area contributed by atoms with Crippen molar-refractivity contribution < 1.29 is 23.4 Å². The molecule has 0 aliphatic heterocycles. The normalized spacial score (nSPS) is 22.9. The molecule has 1 aliphatic rings. The molecule has 6 nitrogen and oxygen atoms in total. The second kappa shape index (κ2) is 6.55. The van der Waals surface area contributed by atoms with Gasteiger partial charge in [-0.25, -0.2) is 17.9 Å². The predicted molar refractivity (Wildman–Crippen MR) is 77.4 cm³/mol. The van der Waals surface area contributed by atoms with Crippen molar-refractivity contribution >= 4 is 16.0 Å². The molecule has 2 rings (SSSR count). The lowest BCUT2D eigenvalue weighted by molar-refractivity contribution is 0.0697. The third-order valence-electron chi connectivity index (χ3n) is 3.55. The van der Waals surface area contributed by atoms with Gasteiger partial charge >= 0.3 is 5.97 Å². The molecule has 0 bridgehead atoms. The maximum absolute atomic E-state index is 12.1. The molecular formula is C14H19NO5S. The van der Waals surface area contributed by atoms with Crippen molar-refractivity contribution in [2.45, 2.75) is 43.6 Å². The van der Waals surface area contributed by atoms with Gasteiger partial charge in [0, 0.05) is 6.04 Å². The highest BCUT2D eigenvalue weighted by Crippen LogP contribution is 2.19. The summed E-state index contributed by atoms with van der Waals surface area (Å²) in [5, 5.41) is 18.4. The summed E-state index contributed by atoms with van der Waals surface area (Å²) >= 11 is 0. The van der Waals surface area contributed by atoms with Gasteiger partial charge in [-0.2, -0.15) is 0 Å². The van der Waals surface area contributed by atoms with E-state index in [-0.39, 0.29) is 17.4 Å². The molecule has 0 radical (unpaired) electrons. The molecule has 2 unspecified atom stereocenters. The van der Waals surface area contributed by atoms with Gasteiger partial charge in [-0.3, -0.25) is 0 Å². The van der Waals surface area contributed by atoms with E-state index in [0.717, 1.165) is 19.3 Å². The molecule has 0 saturated heterocycles. The van der Waals surface area contributed by atoms with Crippen LogP contribution >= 0.6 is 0 Å². The van der Waals surface area contributed by atoms with Gasteiger partial charge in [0.2, 0.25) is 10.0 Å². The quantitative estimate of drug-likeness (QED) is 0.755. The molecule has 1 saturated carbocycles. The number of aliphatic hydroxyl groups is 1. The molecule has 0 heterocycles. The monoisotopic (exact) mass is 313 g/mol. The van der Waals surface area contributed by atoms with Crippen molar-refractivity contribution in [2.24, 2.45) is 0 Å². The summed E-state index contributed by atoms with van der Waals surface area (Å²) in [4.78, 5) is 10.7. The number of rotatable bonds is 5. The Morgan fingerprint density at radius 2 is 1.90 bits per heavy atom. The zero-order valence-electron chi connectivity index (χ0n) is 11.5. The number of aromatic carboxylic acids is 1. The fourth-order valence-corrected chi connectivity index (χ4v) is 3.97. The summed E-state index contributed by atoms with van der Waals surface area (Å²) in [5.41, 5.74) is 0.656. The van der Waals surface area contributed by atoms with E-state index in [1.165, 1.54) is 24.3 Å². The molecule has 7 heteroatoms. The molecule has 1 aromatic rings. The van der Waals surface area contributed by atoms with E-state index in [9.17, 15) is 18.3 Å². The fraction of sp³-hybridized carbons (Fsp3) is 0.500. The van der Waals surface area contributed by atoms with Crippen molar-refractivity contribution in [2.75, 3.05) is 0 Å². The first-order valence-corrected chi connectivity index (χ1v) is 8.51. The van der Waals surface area contributed by atoms with Crippen molar-refractivity contribution in [3.8, 4) is 0 Å². The standard InChI is InChI=1S/C14H19NO5S/c16-13-3-1-2-12(8-13)15-21(19,20)9-10-4-6-11(7-5-10)14(17)18/h4-7,12-13,15-16H,1-3,8-9H2,(H,17,18). The molecule has 116 valence electrons. The minimum absolute atomic E-state index is 0.125. The van der Waals surface area contributed by atoms with Crippen LogP contribution in [0.15, 0.2) is 24.3 Å². The maximum Gasteiger partial charge on any atom is 0.335 e. The van der Waals surface area contributed by atoms with Crippen LogP contribution in [0.4, 0.5) is 0 Å². The SMILES string of the molecule is O=C(O)c1ccc(CS(=O)(=O)NC2CCCC(O)C2)cc1. The number of nitrogens with one attached hydrogen (secondary N) is 1. The largest absolute Gasteiger partial charge is 0.478 e. The second-order valence-corrected chi connectivity index (χ2v) is 7.15. The Balaban J connectivity index is 1.98. The van der Waals surface area contributed by atoms with Crippen LogP contribution in [0, 0.1) is 0 Å². The first kappa shape index (κ1) is 15.9. The van der Waals surface area contributed by atoms with Crippen LogP contribution in [0.5, 0.6) is 0 Å². The molecule has 3 N–H and O–H groups in total. The first-order chi connectivity index (χ1) is 9.85. The van der Waals surface area contributed by atoms with Crippen molar-refractivity contribution in [3.05, 3.63) is 35.4 Å². The number of carbonyl (C=O) groups is 1. The summed E-state index contributed by atoms with van der Waals surface area (Å²) in [7, 11) is -3.50. The minimum Gasteiger partial charge on any atom is -0.478 e. The van der Waals surface area contributed by atoms with Gasteiger partial charge in [-0.05, 0) is 43.4 Å². The van der Waals surface area contributed by atoms with Gasteiger partial charge in [0.1, 0.15) is 0 Å². The average Bonchev–Trinajstić information content (AvgIpc) is 2.38. The molecule has 0 amide bonds. The van der Waals surface area contributed by atoms with Crippen LogP contribution in [0.1, 0.15) is 41.6 Å². The number of hydrogen-bond acceptors (Lipinski definition) is 4. The second-order valence-electron chi connectivity index (χ2n) is 5.40. The molecule has 1 aliphatic carbocycles. The van der Waals surface area contributed by atoms with Gasteiger partial charge in [-0.15, -0.1) is 0 Å². The van der Waals surface area contributed by atoms with E-state index in [4.69, 9.17) is 5.11 Å². The summed E-state index contributed by atoms with van der Waals surface area (Å²) in [6, 6.07) is 5.54. The van der Waals surface area contributed by atoms with Crippen LogP contribution in [-0.4, -0.2) is 36.7 Å². The molecule has 21 heavy (non-hydrogen) atoms. The van der Waals surface area contributed by atoms with Gasteiger partial charge < -0.3 is 10.2 Å². The topological polar surface area (TPSA) is 104 Å². The van der Waals surface area contributed by atoms with Gasteiger partial charge in [0.05, 0.1) is 17.4 Å². The molecule has 0 spiro atoms. The summed E-state index contributed by atoms with van der Waals surface area (Å²) in [5.74, 6) is -1.24. The molecule has 2 atom stereocenters. The number of sulfonamides is 1. The molecule has 0 aromatic heterocycles. The zero-order valence-corrected chi connectivity index (χ0v) is 12.3. The zero-order chi connectivity index (χ0) is 15.5. The van der Waals surface area contributed by atoms with E-state index in [1.54, 1.807) is 0 Å². The smallest absolute Gasteiger partial charge is 0.335 e. The van der Waals surface area contributed by atoms with E-state index < -0.39 is 22.1 Å². The van der Waals surface area contributed by atoms with Crippen LogP contribution < -0.4 is 4.72 Å². The van der Waals surface area contributed by atoms with Crippen LogP contribution in [0.3, 0.4) is 0 Å². The van der Waals surface area contributed by atoms with Crippen LogP contribution in [0.25, 0.3) is 0 Å². The Hall–Kier alpha value is -1.44. The minimum atomic E-state index is -3.50.